The third-order valence-corrected chi connectivity index (χ3v) is 6.42. The standard InChI is InChI=1S/C29H22BrClN2O2/c1-34-25-17-22(16-24(31)28(25)35-18-19-12-14-23(30)15-13-19)29-32-26(20-8-4-2-5-9-20)27(33-29)21-10-6-3-7-11-21/h2-17H,18H2,1H3,(H,32,33). The molecule has 0 aliphatic carbocycles. The number of imidazole rings is 1. The third kappa shape index (κ3) is 5.11. The smallest absolute Gasteiger partial charge is 0.180 e. The normalized spacial score (nSPS) is 10.8. The van der Waals surface area contributed by atoms with Gasteiger partial charge in [0.25, 0.3) is 0 Å². The molecule has 174 valence electrons. The van der Waals surface area contributed by atoms with Gasteiger partial charge in [0.1, 0.15) is 12.4 Å². The molecule has 0 bridgehead atoms. The fourth-order valence-electron chi connectivity index (χ4n) is 3.86. The van der Waals surface area contributed by atoms with E-state index in [1.165, 1.54) is 0 Å². The van der Waals surface area contributed by atoms with E-state index in [0.29, 0.717) is 29.0 Å². The van der Waals surface area contributed by atoms with Crippen LogP contribution in [0.2, 0.25) is 5.02 Å². The average Bonchev–Trinajstić information content (AvgIpc) is 3.35. The first-order valence-corrected chi connectivity index (χ1v) is 12.3. The number of benzene rings is 4. The minimum absolute atomic E-state index is 0.375. The van der Waals surface area contributed by atoms with Gasteiger partial charge in [-0.3, -0.25) is 0 Å². The topological polar surface area (TPSA) is 47.1 Å². The summed E-state index contributed by atoms with van der Waals surface area (Å²) in [5, 5.41) is 0.454. The lowest BCUT2D eigenvalue weighted by Gasteiger charge is -2.14. The molecule has 6 heteroatoms. The molecule has 1 aromatic heterocycles. The van der Waals surface area contributed by atoms with Crippen LogP contribution in [0.15, 0.2) is 102 Å². The minimum Gasteiger partial charge on any atom is -0.493 e. The Labute approximate surface area is 217 Å². The first-order valence-electron chi connectivity index (χ1n) is 11.1. The summed E-state index contributed by atoms with van der Waals surface area (Å²) in [5.41, 5.74) is 5.73. The van der Waals surface area contributed by atoms with Gasteiger partial charge < -0.3 is 14.5 Å². The fourth-order valence-corrected chi connectivity index (χ4v) is 4.39. The van der Waals surface area contributed by atoms with Crippen molar-refractivity contribution in [3.8, 4) is 45.4 Å². The predicted molar refractivity (Wildman–Crippen MR) is 145 cm³/mol. The lowest BCUT2D eigenvalue weighted by atomic mass is 10.1. The molecule has 0 saturated carbocycles. The van der Waals surface area contributed by atoms with Crippen LogP contribution in [0.25, 0.3) is 33.9 Å². The van der Waals surface area contributed by atoms with Gasteiger partial charge >= 0.3 is 0 Å². The van der Waals surface area contributed by atoms with Crippen molar-refractivity contribution in [1.82, 2.24) is 9.97 Å². The van der Waals surface area contributed by atoms with Crippen LogP contribution >= 0.6 is 27.5 Å². The highest BCUT2D eigenvalue weighted by Crippen LogP contribution is 2.41. The van der Waals surface area contributed by atoms with Crippen LogP contribution in [0, 0.1) is 0 Å². The number of nitrogens with one attached hydrogen (secondary N) is 1. The molecular formula is C29H22BrClN2O2. The second-order valence-corrected chi connectivity index (χ2v) is 9.27. The molecule has 0 atom stereocenters. The molecule has 0 amide bonds. The lowest BCUT2D eigenvalue weighted by molar-refractivity contribution is 0.285. The Hall–Kier alpha value is -3.54. The van der Waals surface area contributed by atoms with Gasteiger partial charge in [-0.15, -0.1) is 0 Å². The Morgan fingerprint density at radius 3 is 2.14 bits per heavy atom. The van der Waals surface area contributed by atoms with E-state index in [1.54, 1.807) is 7.11 Å². The molecule has 5 rings (SSSR count). The molecule has 1 heterocycles. The SMILES string of the molecule is COc1cc(-c2nc(-c3ccccc3)c(-c3ccccc3)[nH]2)cc(Cl)c1OCc1ccc(Br)cc1. The molecule has 35 heavy (non-hydrogen) atoms. The summed E-state index contributed by atoms with van der Waals surface area (Å²) in [6, 6.07) is 32.0. The van der Waals surface area contributed by atoms with Crippen LogP contribution in [0.1, 0.15) is 5.56 Å². The Morgan fingerprint density at radius 2 is 1.49 bits per heavy atom. The summed E-state index contributed by atoms with van der Waals surface area (Å²) in [6.45, 7) is 0.375. The second-order valence-electron chi connectivity index (χ2n) is 7.95. The summed E-state index contributed by atoms with van der Waals surface area (Å²) in [5.74, 6) is 1.74. The van der Waals surface area contributed by atoms with Crippen LogP contribution < -0.4 is 9.47 Å². The molecule has 4 nitrogen and oxygen atoms in total. The monoisotopic (exact) mass is 544 g/mol. The van der Waals surface area contributed by atoms with Gasteiger partial charge in [0, 0.05) is 21.2 Å². The Balaban J connectivity index is 1.52. The van der Waals surface area contributed by atoms with Gasteiger partial charge in [-0.05, 0) is 29.8 Å². The lowest BCUT2D eigenvalue weighted by Crippen LogP contribution is -1.99. The van der Waals surface area contributed by atoms with Crippen molar-refractivity contribution in [2.24, 2.45) is 0 Å². The van der Waals surface area contributed by atoms with Gasteiger partial charge in [0.2, 0.25) is 0 Å². The number of halogens is 2. The minimum atomic E-state index is 0.375. The van der Waals surface area contributed by atoms with Crippen molar-refractivity contribution >= 4 is 27.5 Å². The number of hydrogen-bond acceptors (Lipinski definition) is 3. The molecule has 0 aliphatic rings. The van der Waals surface area contributed by atoms with Gasteiger partial charge in [-0.25, -0.2) is 4.98 Å². The number of methoxy groups -OCH3 is 1. The first-order chi connectivity index (χ1) is 17.1. The summed E-state index contributed by atoms with van der Waals surface area (Å²) in [7, 11) is 1.61. The molecular weight excluding hydrogens is 524 g/mol. The molecule has 0 radical (unpaired) electrons. The van der Waals surface area contributed by atoms with E-state index in [2.05, 4.69) is 45.2 Å². The van der Waals surface area contributed by atoms with Crippen molar-refractivity contribution in [2.45, 2.75) is 6.61 Å². The van der Waals surface area contributed by atoms with E-state index in [1.807, 2.05) is 72.8 Å². The number of rotatable bonds is 7. The summed E-state index contributed by atoms with van der Waals surface area (Å²) >= 11 is 10.1. The molecule has 5 aromatic rings. The maximum absolute atomic E-state index is 6.68. The van der Waals surface area contributed by atoms with Crippen molar-refractivity contribution in [1.29, 1.82) is 0 Å². The molecule has 1 N–H and O–H groups in total. The highest BCUT2D eigenvalue weighted by Gasteiger charge is 2.19. The van der Waals surface area contributed by atoms with E-state index in [9.17, 15) is 0 Å². The largest absolute Gasteiger partial charge is 0.493 e. The van der Waals surface area contributed by atoms with Crippen LogP contribution in [0.5, 0.6) is 11.5 Å². The van der Waals surface area contributed by atoms with Crippen LogP contribution in [-0.2, 0) is 6.61 Å². The maximum atomic E-state index is 6.68. The average molecular weight is 546 g/mol. The van der Waals surface area contributed by atoms with E-state index >= 15 is 0 Å². The van der Waals surface area contributed by atoms with E-state index < -0.39 is 0 Å². The number of aromatic nitrogens is 2. The Bertz CT molecular complexity index is 1380. The Kier molecular flexibility index (Phi) is 6.89. The van der Waals surface area contributed by atoms with Crippen LogP contribution in [0.3, 0.4) is 0 Å². The van der Waals surface area contributed by atoms with E-state index in [4.69, 9.17) is 26.1 Å². The first kappa shape index (κ1) is 23.2. The third-order valence-electron chi connectivity index (χ3n) is 5.61. The highest BCUT2D eigenvalue weighted by atomic mass is 79.9. The predicted octanol–water partition coefficient (Wildman–Crippen LogP) is 8.41. The quantitative estimate of drug-likeness (QED) is 0.223. The second kappa shape index (κ2) is 10.4. The zero-order chi connectivity index (χ0) is 24.2. The van der Waals surface area contributed by atoms with Gasteiger partial charge in [-0.2, -0.15) is 0 Å². The zero-order valence-electron chi connectivity index (χ0n) is 19.0. The summed E-state index contributed by atoms with van der Waals surface area (Å²) in [6.07, 6.45) is 0. The molecule has 0 saturated heterocycles. The van der Waals surface area contributed by atoms with E-state index in [-0.39, 0.29) is 0 Å². The molecule has 0 spiro atoms. The maximum Gasteiger partial charge on any atom is 0.180 e. The molecule has 4 aromatic carbocycles. The highest BCUT2D eigenvalue weighted by molar-refractivity contribution is 9.10. The molecule has 0 aliphatic heterocycles. The van der Waals surface area contributed by atoms with Crippen molar-refractivity contribution in [2.75, 3.05) is 7.11 Å². The summed E-state index contributed by atoms with van der Waals surface area (Å²) in [4.78, 5) is 8.46. The fraction of sp³-hybridized carbons (Fsp3) is 0.0690. The van der Waals surface area contributed by atoms with Gasteiger partial charge in [-0.1, -0.05) is 100 Å². The number of nitrogens with zero attached hydrogens (tertiary/aromatic N) is 1. The molecule has 0 unspecified atom stereocenters. The van der Waals surface area contributed by atoms with Crippen LogP contribution in [-0.4, -0.2) is 17.1 Å². The number of aromatic amines is 1. The number of ether oxygens (including phenoxy) is 2. The van der Waals surface area contributed by atoms with E-state index in [0.717, 1.165) is 38.1 Å². The summed E-state index contributed by atoms with van der Waals surface area (Å²) < 4.78 is 12.7. The van der Waals surface area contributed by atoms with Gasteiger partial charge in [0.05, 0.1) is 23.5 Å². The van der Waals surface area contributed by atoms with Crippen molar-refractivity contribution in [3.63, 3.8) is 0 Å². The van der Waals surface area contributed by atoms with Crippen LogP contribution in [0.4, 0.5) is 0 Å². The Morgan fingerprint density at radius 1 is 0.829 bits per heavy atom. The van der Waals surface area contributed by atoms with Gasteiger partial charge in [0.15, 0.2) is 11.5 Å². The number of hydrogen-bond donors (Lipinski definition) is 1. The van der Waals surface area contributed by atoms with Crippen molar-refractivity contribution in [3.05, 3.63) is 112 Å². The number of H-pyrrole nitrogens is 1. The zero-order valence-corrected chi connectivity index (χ0v) is 21.3. The van der Waals surface area contributed by atoms with Crippen molar-refractivity contribution < 1.29 is 9.47 Å². The molecule has 0 fully saturated rings.